The summed E-state index contributed by atoms with van der Waals surface area (Å²) >= 11 is 0. The lowest BCUT2D eigenvalue weighted by molar-refractivity contribution is -0.386. The van der Waals surface area contributed by atoms with E-state index >= 15 is 0 Å². The highest BCUT2D eigenvalue weighted by Crippen LogP contribution is 2.28. The van der Waals surface area contributed by atoms with Gasteiger partial charge in [-0.25, -0.2) is 4.98 Å². The lowest BCUT2D eigenvalue weighted by Crippen LogP contribution is -3.00. The van der Waals surface area contributed by atoms with Crippen molar-refractivity contribution in [2.75, 3.05) is 0 Å². The molecule has 0 amide bonds. The van der Waals surface area contributed by atoms with E-state index in [4.69, 9.17) is 0 Å². The minimum absolute atomic E-state index is 0. The van der Waals surface area contributed by atoms with E-state index in [0.717, 1.165) is 6.42 Å². The molecule has 2 nitrogen and oxygen atoms in total. The molecule has 0 aliphatic heterocycles. The van der Waals surface area contributed by atoms with E-state index in [9.17, 15) is 0 Å². The van der Waals surface area contributed by atoms with Gasteiger partial charge in [0.1, 0.15) is 5.52 Å². The summed E-state index contributed by atoms with van der Waals surface area (Å²) in [5, 5.41) is 2.72. The minimum atomic E-state index is 0. The molecule has 0 unspecified atom stereocenters. The molecule has 3 rings (SSSR count). The smallest absolute Gasteiger partial charge is 0.200 e. The molecule has 0 fully saturated rings. The quantitative estimate of drug-likeness (QED) is 0.692. The number of aromatic nitrogens is 2. The lowest BCUT2D eigenvalue weighted by Gasteiger charge is -1.99. The third-order valence-corrected chi connectivity index (χ3v) is 3.38. The second-order valence-electron chi connectivity index (χ2n) is 4.61. The van der Waals surface area contributed by atoms with Gasteiger partial charge in [-0.2, -0.15) is 0 Å². The normalized spacial score (nSPS) is 10.8. The maximum Gasteiger partial charge on any atom is 0.200 e. The number of aromatic amines is 2. The summed E-state index contributed by atoms with van der Waals surface area (Å²) < 4.78 is 0. The number of H-pyrrole nitrogens is 2. The Bertz CT molecular complexity index is 685. The zero-order chi connectivity index (χ0) is 11.8. The molecule has 0 bridgehead atoms. The number of nitrogens with one attached hydrogen (secondary N) is 2. The molecule has 0 spiro atoms. The number of para-hydroxylation sites is 1. The molecule has 18 heavy (non-hydrogen) atoms. The summed E-state index contributed by atoms with van der Waals surface area (Å²) in [7, 11) is 0. The van der Waals surface area contributed by atoms with E-state index in [2.05, 4.69) is 54.3 Å². The summed E-state index contributed by atoms with van der Waals surface area (Å²) in [5.74, 6) is 0. The van der Waals surface area contributed by atoms with Crippen LogP contribution in [0.1, 0.15) is 24.6 Å². The molecule has 0 saturated carbocycles. The van der Waals surface area contributed by atoms with Gasteiger partial charge in [-0.3, -0.25) is 0 Å². The van der Waals surface area contributed by atoms with E-state index in [-0.39, 0.29) is 12.4 Å². The molecule has 94 valence electrons. The van der Waals surface area contributed by atoms with Crippen LogP contribution < -0.4 is 17.4 Å². The Labute approximate surface area is 113 Å². The molecule has 3 aromatic rings. The molecule has 2 N–H and O–H groups in total. The number of halogens is 1. The largest absolute Gasteiger partial charge is 1.00 e. The molecule has 3 heteroatoms. The predicted octanol–water partition coefficient (Wildman–Crippen LogP) is 0.400. The fourth-order valence-corrected chi connectivity index (χ4v) is 2.56. The Morgan fingerprint density at radius 3 is 2.78 bits per heavy atom. The van der Waals surface area contributed by atoms with Crippen molar-refractivity contribution < 1.29 is 17.4 Å². The van der Waals surface area contributed by atoms with Crippen molar-refractivity contribution >= 4 is 21.8 Å². The highest BCUT2D eigenvalue weighted by atomic mass is 35.5. The van der Waals surface area contributed by atoms with Crippen molar-refractivity contribution in [1.82, 2.24) is 4.98 Å². The van der Waals surface area contributed by atoms with Crippen LogP contribution in [0, 0.1) is 6.92 Å². The minimum Gasteiger partial charge on any atom is -1.00 e. The second-order valence-corrected chi connectivity index (χ2v) is 4.61. The Morgan fingerprint density at radius 1 is 1.22 bits per heavy atom. The van der Waals surface area contributed by atoms with Crippen LogP contribution in [0.2, 0.25) is 0 Å². The van der Waals surface area contributed by atoms with Crippen LogP contribution in [0.25, 0.3) is 21.8 Å². The fourth-order valence-electron chi connectivity index (χ4n) is 2.56. The number of hydrogen-bond acceptors (Lipinski definition) is 0. The molecule has 2 heterocycles. The first kappa shape index (κ1) is 12.9. The molecule has 0 atom stereocenters. The number of aryl methyl sites for hydroxylation is 2. The molecule has 0 aliphatic carbocycles. The molecule has 0 aliphatic rings. The van der Waals surface area contributed by atoms with Crippen molar-refractivity contribution in [3.8, 4) is 0 Å². The number of pyridine rings is 1. The molecular formula is C15H17ClN2. The molecule has 0 saturated heterocycles. The average Bonchev–Trinajstić information content (AvgIpc) is 2.73. The summed E-state index contributed by atoms with van der Waals surface area (Å²) in [6, 6.07) is 8.53. The van der Waals surface area contributed by atoms with Gasteiger partial charge >= 0.3 is 0 Å². The molecule has 2 aromatic heterocycles. The van der Waals surface area contributed by atoms with E-state index in [1.165, 1.54) is 39.5 Å². The van der Waals surface area contributed by atoms with Crippen LogP contribution in [-0.4, -0.2) is 4.98 Å². The third kappa shape index (κ3) is 1.87. The monoisotopic (exact) mass is 260 g/mol. The van der Waals surface area contributed by atoms with Gasteiger partial charge in [0.15, 0.2) is 6.20 Å². The Balaban J connectivity index is 0.00000120. The van der Waals surface area contributed by atoms with Crippen LogP contribution in [0.15, 0.2) is 30.5 Å². The SMILES string of the molecule is CCCc1c[nH+]c(C)c2[nH]c3ccccc3c12.[Cl-]. The van der Waals surface area contributed by atoms with Crippen molar-refractivity contribution in [2.45, 2.75) is 26.7 Å². The second kappa shape index (κ2) is 4.99. The van der Waals surface area contributed by atoms with Crippen molar-refractivity contribution in [3.05, 3.63) is 41.7 Å². The number of hydrogen-bond donors (Lipinski definition) is 1. The number of benzene rings is 1. The third-order valence-electron chi connectivity index (χ3n) is 3.38. The fraction of sp³-hybridized carbons (Fsp3) is 0.267. The van der Waals surface area contributed by atoms with Crippen LogP contribution >= 0.6 is 0 Å². The first-order chi connectivity index (χ1) is 8.31. The van der Waals surface area contributed by atoms with Crippen molar-refractivity contribution in [3.63, 3.8) is 0 Å². The van der Waals surface area contributed by atoms with E-state index in [0.29, 0.717) is 0 Å². The zero-order valence-corrected chi connectivity index (χ0v) is 11.4. The van der Waals surface area contributed by atoms with E-state index in [1.807, 2.05) is 0 Å². The van der Waals surface area contributed by atoms with Gasteiger partial charge in [0.05, 0.1) is 0 Å². The molecule has 0 radical (unpaired) electrons. The molecular weight excluding hydrogens is 244 g/mol. The predicted molar refractivity (Wildman–Crippen MR) is 71.1 cm³/mol. The standard InChI is InChI=1S/C15H16N2.ClH/c1-3-6-11-9-16-10(2)15-14(11)12-7-4-5-8-13(12)17-15;/h4-5,7-9,17H,3,6H2,1-2H3;1H. The summed E-state index contributed by atoms with van der Waals surface area (Å²) in [6.07, 6.45) is 4.45. The summed E-state index contributed by atoms with van der Waals surface area (Å²) in [5.41, 5.74) is 5.08. The van der Waals surface area contributed by atoms with Gasteiger partial charge in [0.2, 0.25) is 5.69 Å². The number of rotatable bonds is 2. The maximum absolute atomic E-state index is 3.51. The van der Waals surface area contributed by atoms with Gasteiger partial charge in [-0.15, -0.1) is 0 Å². The average molecular weight is 261 g/mol. The van der Waals surface area contributed by atoms with Gasteiger partial charge in [0, 0.05) is 28.8 Å². The Hall–Kier alpha value is -1.54. The first-order valence-electron chi connectivity index (χ1n) is 6.22. The van der Waals surface area contributed by atoms with E-state index in [1.54, 1.807) is 0 Å². The highest BCUT2D eigenvalue weighted by Gasteiger charge is 2.14. The maximum atomic E-state index is 3.51. The summed E-state index contributed by atoms with van der Waals surface area (Å²) in [4.78, 5) is 6.87. The first-order valence-corrected chi connectivity index (χ1v) is 6.22. The Kier molecular flexibility index (Phi) is 3.58. The van der Waals surface area contributed by atoms with Gasteiger partial charge in [0.25, 0.3) is 0 Å². The number of fused-ring (bicyclic) bond motifs is 3. The van der Waals surface area contributed by atoms with Crippen LogP contribution in [-0.2, 0) is 6.42 Å². The van der Waals surface area contributed by atoms with Crippen molar-refractivity contribution in [2.24, 2.45) is 0 Å². The Morgan fingerprint density at radius 2 is 2.00 bits per heavy atom. The van der Waals surface area contributed by atoms with Crippen LogP contribution in [0.4, 0.5) is 0 Å². The zero-order valence-electron chi connectivity index (χ0n) is 10.7. The highest BCUT2D eigenvalue weighted by molar-refractivity contribution is 6.09. The van der Waals surface area contributed by atoms with Crippen LogP contribution in [0.3, 0.4) is 0 Å². The summed E-state index contributed by atoms with van der Waals surface area (Å²) in [6.45, 7) is 4.34. The van der Waals surface area contributed by atoms with Crippen molar-refractivity contribution in [1.29, 1.82) is 0 Å². The van der Waals surface area contributed by atoms with Gasteiger partial charge in [-0.1, -0.05) is 31.5 Å². The topological polar surface area (TPSA) is 29.9 Å². The van der Waals surface area contributed by atoms with Gasteiger partial charge in [-0.05, 0) is 12.5 Å². The van der Waals surface area contributed by atoms with Crippen LogP contribution in [0.5, 0.6) is 0 Å². The molecule has 1 aromatic carbocycles. The van der Waals surface area contributed by atoms with E-state index < -0.39 is 0 Å². The lowest BCUT2D eigenvalue weighted by atomic mass is 10.0. The van der Waals surface area contributed by atoms with Gasteiger partial charge < -0.3 is 17.4 Å².